The van der Waals surface area contributed by atoms with Crippen molar-refractivity contribution in [1.29, 1.82) is 0 Å². The van der Waals surface area contributed by atoms with Gasteiger partial charge in [-0.05, 0) is 30.7 Å². The molecule has 5 nitrogen and oxygen atoms in total. The number of amides is 1. The molecule has 6 heteroatoms. The molecule has 0 saturated carbocycles. The fourth-order valence-electron chi connectivity index (χ4n) is 2.39. The summed E-state index contributed by atoms with van der Waals surface area (Å²) in [6.07, 6.45) is 1.22. The Morgan fingerprint density at radius 1 is 1.22 bits per heavy atom. The Kier molecular flexibility index (Phi) is 4.12. The van der Waals surface area contributed by atoms with E-state index in [-0.39, 0.29) is 18.0 Å². The van der Waals surface area contributed by atoms with E-state index in [4.69, 9.17) is 11.6 Å². The quantitative estimate of drug-likeness (QED) is 0.804. The maximum Gasteiger partial charge on any atom is 0.269 e. The summed E-state index contributed by atoms with van der Waals surface area (Å²) < 4.78 is 1.39. The third-order valence-electron chi connectivity index (χ3n) is 3.54. The molecule has 0 saturated heterocycles. The molecule has 0 spiro atoms. The molecule has 116 valence electrons. The molecule has 2 aromatic carbocycles. The molecule has 0 aliphatic rings. The summed E-state index contributed by atoms with van der Waals surface area (Å²) in [5, 5.41) is 3.23. The minimum absolute atomic E-state index is 0.105. The molecule has 3 aromatic rings. The van der Waals surface area contributed by atoms with Gasteiger partial charge in [-0.1, -0.05) is 35.9 Å². The van der Waals surface area contributed by atoms with Crippen molar-refractivity contribution in [2.45, 2.75) is 13.5 Å². The second-order valence-corrected chi connectivity index (χ2v) is 5.56. The number of anilines is 1. The van der Waals surface area contributed by atoms with Gasteiger partial charge in [0.05, 0.1) is 27.9 Å². The number of carbonyl (C=O) groups is 1. The lowest BCUT2D eigenvalue weighted by Gasteiger charge is -2.12. The Labute approximate surface area is 137 Å². The van der Waals surface area contributed by atoms with Crippen LogP contribution >= 0.6 is 11.6 Å². The van der Waals surface area contributed by atoms with Crippen LogP contribution in [0.4, 0.5) is 5.69 Å². The summed E-state index contributed by atoms with van der Waals surface area (Å²) in [6.45, 7) is 1.75. The first kappa shape index (κ1) is 15.2. The Balaban J connectivity index is 1.92. The minimum atomic E-state index is -0.324. The molecule has 1 N–H and O–H groups in total. The molecule has 0 atom stereocenters. The van der Waals surface area contributed by atoms with Gasteiger partial charge >= 0.3 is 0 Å². The van der Waals surface area contributed by atoms with Gasteiger partial charge in [0.2, 0.25) is 5.91 Å². The predicted octanol–water partition coefficient (Wildman–Crippen LogP) is 3.00. The lowest BCUT2D eigenvalue weighted by atomic mass is 10.2. The highest BCUT2D eigenvalue weighted by molar-refractivity contribution is 6.33. The number of hydrogen-bond acceptors (Lipinski definition) is 3. The van der Waals surface area contributed by atoms with Gasteiger partial charge in [-0.15, -0.1) is 0 Å². The van der Waals surface area contributed by atoms with Crippen LogP contribution in [-0.2, 0) is 11.3 Å². The summed E-state index contributed by atoms with van der Waals surface area (Å²) in [5.74, 6) is -0.320. The fourth-order valence-corrected chi connectivity index (χ4v) is 2.66. The molecule has 1 amide bonds. The number of rotatable bonds is 3. The molecular weight excluding hydrogens is 314 g/mol. The SMILES string of the molecule is Cc1cccc(Cl)c1NC(=O)Cn1c(=O)cnc2ccccc21. The number of hydrogen-bond donors (Lipinski definition) is 1. The van der Waals surface area contributed by atoms with Gasteiger partial charge in [0.15, 0.2) is 0 Å². The Bertz CT molecular complexity index is 930. The van der Waals surface area contributed by atoms with Crippen LogP contribution in [0.25, 0.3) is 11.0 Å². The van der Waals surface area contributed by atoms with Crippen molar-refractivity contribution < 1.29 is 4.79 Å². The molecule has 1 aromatic heterocycles. The minimum Gasteiger partial charge on any atom is -0.323 e. The molecule has 0 aliphatic heterocycles. The van der Waals surface area contributed by atoms with Crippen LogP contribution in [0, 0.1) is 6.92 Å². The van der Waals surface area contributed by atoms with Gasteiger partial charge in [0.25, 0.3) is 5.56 Å². The van der Waals surface area contributed by atoms with E-state index >= 15 is 0 Å². The number of halogens is 1. The maximum atomic E-state index is 12.3. The van der Waals surface area contributed by atoms with Crippen molar-refractivity contribution in [3.8, 4) is 0 Å². The summed E-state index contributed by atoms with van der Waals surface area (Å²) in [4.78, 5) is 28.5. The number of fused-ring (bicyclic) bond motifs is 1. The fraction of sp³-hybridized carbons (Fsp3) is 0.118. The van der Waals surface area contributed by atoms with Gasteiger partial charge in [-0.25, -0.2) is 4.98 Å². The molecule has 0 fully saturated rings. The van der Waals surface area contributed by atoms with Crippen LogP contribution in [0.3, 0.4) is 0 Å². The number of nitrogens with zero attached hydrogens (tertiary/aromatic N) is 2. The Morgan fingerprint density at radius 2 is 2.00 bits per heavy atom. The monoisotopic (exact) mass is 327 g/mol. The lowest BCUT2D eigenvalue weighted by molar-refractivity contribution is -0.116. The van der Waals surface area contributed by atoms with Crippen LogP contribution in [0.15, 0.2) is 53.5 Å². The molecule has 0 unspecified atom stereocenters. The van der Waals surface area contributed by atoms with E-state index < -0.39 is 0 Å². The zero-order valence-electron chi connectivity index (χ0n) is 12.4. The average molecular weight is 328 g/mol. The highest BCUT2D eigenvalue weighted by Gasteiger charge is 2.11. The second-order valence-electron chi connectivity index (χ2n) is 5.15. The van der Waals surface area contributed by atoms with Crippen molar-refractivity contribution in [2.75, 3.05) is 5.32 Å². The summed E-state index contributed by atoms with van der Waals surface area (Å²) in [6, 6.07) is 12.6. The van der Waals surface area contributed by atoms with Crippen molar-refractivity contribution in [3.05, 3.63) is 69.6 Å². The van der Waals surface area contributed by atoms with Crippen molar-refractivity contribution >= 4 is 34.2 Å². The van der Waals surface area contributed by atoms with E-state index in [1.165, 1.54) is 10.8 Å². The van der Waals surface area contributed by atoms with E-state index in [0.29, 0.717) is 21.7 Å². The standard InChI is InChI=1S/C17H14ClN3O2/c1-11-5-4-6-12(18)17(11)20-15(22)10-21-14-8-3-2-7-13(14)19-9-16(21)23/h2-9H,10H2,1H3,(H,20,22). The van der Waals surface area contributed by atoms with Crippen molar-refractivity contribution in [1.82, 2.24) is 9.55 Å². The lowest BCUT2D eigenvalue weighted by Crippen LogP contribution is -2.28. The van der Waals surface area contributed by atoms with Gasteiger partial charge < -0.3 is 5.32 Å². The molecule has 0 aliphatic carbocycles. The van der Waals surface area contributed by atoms with E-state index in [1.54, 1.807) is 24.3 Å². The highest BCUT2D eigenvalue weighted by Crippen LogP contribution is 2.25. The third-order valence-corrected chi connectivity index (χ3v) is 3.86. The number of aromatic nitrogens is 2. The van der Waals surface area contributed by atoms with E-state index in [2.05, 4.69) is 10.3 Å². The van der Waals surface area contributed by atoms with Gasteiger partial charge in [0.1, 0.15) is 6.54 Å². The Hall–Kier alpha value is -2.66. The number of nitrogens with one attached hydrogen (secondary N) is 1. The van der Waals surface area contributed by atoms with Crippen LogP contribution < -0.4 is 10.9 Å². The molecule has 1 heterocycles. The van der Waals surface area contributed by atoms with Crippen LogP contribution in [0.2, 0.25) is 5.02 Å². The van der Waals surface area contributed by atoms with Gasteiger partial charge in [0, 0.05) is 0 Å². The first-order valence-electron chi connectivity index (χ1n) is 7.06. The summed E-state index contributed by atoms with van der Waals surface area (Å²) >= 11 is 6.11. The number of carbonyl (C=O) groups excluding carboxylic acids is 1. The molecular formula is C17H14ClN3O2. The normalized spacial score (nSPS) is 10.7. The maximum absolute atomic E-state index is 12.3. The highest BCUT2D eigenvalue weighted by atomic mass is 35.5. The molecule has 3 rings (SSSR count). The van der Waals surface area contributed by atoms with Crippen molar-refractivity contribution in [3.63, 3.8) is 0 Å². The van der Waals surface area contributed by atoms with Crippen LogP contribution in [-0.4, -0.2) is 15.5 Å². The van der Waals surface area contributed by atoms with Crippen LogP contribution in [0.5, 0.6) is 0 Å². The zero-order chi connectivity index (χ0) is 16.4. The third kappa shape index (κ3) is 3.10. The molecule has 0 radical (unpaired) electrons. The number of para-hydroxylation sites is 3. The number of aryl methyl sites for hydroxylation is 1. The molecule has 0 bridgehead atoms. The average Bonchev–Trinajstić information content (AvgIpc) is 2.54. The molecule has 23 heavy (non-hydrogen) atoms. The zero-order valence-corrected chi connectivity index (χ0v) is 13.2. The second kappa shape index (κ2) is 6.22. The first-order valence-corrected chi connectivity index (χ1v) is 7.43. The smallest absolute Gasteiger partial charge is 0.269 e. The van der Waals surface area contributed by atoms with E-state index in [9.17, 15) is 9.59 Å². The largest absolute Gasteiger partial charge is 0.323 e. The Morgan fingerprint density at radius 3 is 2.78 bits per heavy atom. The first-order chi connectivity index (χ1) is 11.1. The summed E-state index contributed by atoms with van der Waals surface area (Å²) in [5.41, 5.74) is 2.37. The van der Waals surface area contributed by atoms with E-state index in [1.807, 2.05) is 25.1 Å². The van der Waals surface area contributed by atoms with E-state index in [0.717, 1.165) is 5.56 Å². The van der Waals surface area contributed by atoms with Gasteiger partial charge in [-0.3, -0.25) is 14.2 Å². The predicted molar refractivity (Wildman–Crippen MR) is 90.8 cm³/mol. The van der Waals surface area contributed by atoms with Crippen LogP contribution in [0.1, 0.15) is 5.56 Å². The summed E-state index contributed by atoms with van der Waals surface area (Å²) in [7, 11) is 0. The van der Waals surface area contributed by atoms with Crippen molar-refractivity contribution in [2.24, 2.45) is 0 Å². The number of benzene rings is 2. The topological polar surface area (TPSA) is 64.0 Å². The van der Waals surface area contributed by atoms with Gasteiger partial charge in [-0.2, -0.15) is 0 Å².